The molecule has 0 spiro atoms. The van der Waals surface area contributed by atoms with Crippen LogP contribution in [0.2, 0.25) is 0 Å². The third-order valence-electron chi connectivity index (χ3n) is 4.50. The lowest BCUT2D eigenvalue weighted by atomic mass is 10.2. The van der Waals surface area contributed by atoms with Gasteiger partial charge in [-0.3, -0.25) is 4.79 Å². The number of hydrogen-bond acceptors (Lipinski definition) is 6. The molecule has 1 aromatic heterocycles. The third kappa shape index (κ3) is 4.09. The number of nitrogens with one attached hydrogen (secondary N) is 1. The van der Waals surface area contributed by atoms with Crippen molar-refractivity contribution < 1.29 is 23.0 Å². The zero-order valence-electron chi connectivity index (χ0n) is 16.1. The molecule has 2 aromatic carbocycles. The zero-order valence-corrected chi connectivity index (χ0v) is 17.0. The topological polar surface area (TPSA) is 78.3 Å². The predicted octanol–water partition coefficient (Wildman–Crippen LogP) is 3.73. The summed E-state index contributed by atoms with van der Waals surface area (Å²) in [5, 5.41) is 10.9. The minimum Gasteiger partial charge on any atom is -0.485 e. The largest absolute Gasteiger partial charge is 0.485 e. The molecule has 156 valence electrons. The van der Waals surface area contributed by atoms with E-state index in [0.29, 0.717) is 29.1 Å². The molecule has 10 heteroatoms. The van der Waals surface area contributed by atoms with Gasteiger partial charge in [0.05, 0.1) is 5.25 Å². The van der Waals surface area contributed by atoms with Crippen LogP contribution in [-0.2, 0) is 11.8 Å². The highest BCUT2D eigenvalue weighted by Gasteiger charge is 2.28. The number of carbonyl (C=O) groups is 1. The monoisotopic (exact) mass is 432 g/mol. The summed E-state index contributed by atoms with van der Waals surface area (Å²) in [5.41, 5.74) is 0.177. The number of hydrogen-bond donors (Lipinski definition) is 1. The average molecular weight is 432 g/mol. The van der Waals surface area contributed by atoms with E-state index >= 15 is 0 Å². The van der Waals surface area contributed by atoms with Crippen LogP contribution >= 0.6 is 11.8 Å². The number of aromatic nitrogens is 3. The smallest absolute Gasteiger partial charge is 0.237 e. The van der Waals surface area contributed by atoms with Gasteiger partial charge in [0.2, 0.25) is 5.91 Å². The van der Waals surface area contributed by atoms with Crippen LogP contribution in [0.15, 0.2) is 47.6 Å². The van der Waals surface area contributed by atoms with Crippen molar-refractivity contribution in [1.82, 2.24) is 14.8 Å². The number of anilines is 1. The molecule has 2 atom stereocenters. The molecule has 0 bridgehead atoms. The molecule has 0 saturated carbocycles. The molecule has 7 nitrogen and oxygen atoms in total. The Kier molecular flexibility index (Phi) is 5.58. The van der Waals surface area contributed by atoms with Crippen molar-refractivity contribution in [3.05, 3.63) is 59.9 Å². The molecule has 1 amide bonds. The highest BCUT2D eigenvalue weighted by atomic mass is 32.2. The minimum atomic E-state index is -1.03. The predicted molar refractivity (Wildman–Crippen MR) is 107 cm³/mol. The number of fused-ring (bicyclic) bond motifs is 1. The van der Waals surface area contributed by atoms with Gasteiger partial charge in [-0.05, 0) is 31.2 Å². The van der Waals surface area contributed by atoms with Gasteiger partial charge in [-0.25, -0.2) is 8.78 Å². The van der Waals surface area contributed by atoms with Crippen molar-refractivity contribution in [3.63, 3.8) is 0 Å². The fourth-order valence-electron chi connectivity index (χ4n) is 2.89. The van der Waals surface area contributed by atoms with Crippen LogP contribution in [0.3, 0.4) is 0 Å². The average Bonchev–Trinajstić information content (AvgIpc) is 3.10. The summed E-state index contributed by atoms with van der Waals surface area (Å²) in [5.74, 6) is -0.499. The number of thioether (sulfide) groups is 1. The molecule has 2 unspecified atom stereocenters. The molecular formula is C20H18F2N4O3S. The Morgan fingerprint density at radius 1 is 1.20 bits per heavy atom. The summed E-state index contributed by atoms with van der Waals surface area (Å²) in [7, 11) is 1.78. The summed E-state index contributed by atoms with van der Waals surface area (Å²) >= 11 is 1.19. The summed E-state index contributed by atoms with van der Waals surface area (Å²) < 4.78 is 39.8. The van der Waals surface area contributed by atoms with E-state index in [1.54, 1.807) is 18.5 Å². The lowest BCUT2D eigenvalue weighted by molar-refractivity contribution is -0.115. The van der Waals surface area contributed by atoms with Gasteiger partial charge in [-0.1, -0.05) is 23.9 Å². The van der Waals surface area contributed by atoms with Crippen molar-refractivity contribution in [2.75, 3.05) is 11.9 Å². The molecule has 0 saturated heterocycles. The molecule has 30 heavy (non-hydrogen) atoms. The third-order valence-corrected chi connectivity index (χ3v) is 5.64. The SMILES string of the molecule is CC(Sc1nnc(C2COc3ccccc3O2)n1C)C(=O)Nc1ccc(F)c(F)c1. The Labute approximate surface area is 175 Å². The molecule has 0 fully saturated rings. The summed E-state index contributed by atoms with van der Waals surface area (Å²) in [6.45, 7) is 1.98. The second kappa shape index (κ2) is 8.31. The lowest BCUT2D eigenvalue weighted by Gasteiger charge is -2.25. The molecule has 4 rings (SSSR count). The van der Waals surface area contributed by atoms with Crippen LogP contribution < -0.4 is 14.8 Å². The molecule has 2 heterocycles. The minimum absolute atomic E-state index is 0.177. The highest BCUT2D eigenvalue weighted by molar-refractivity contribution is 8.00. The van der Waals surface area contributed by atoms with Crippen LogP contribution in [0.5, 0.6) is 11.5 Å². The molecule has 0 aliphatic carbocycles. The van der Waals surface area contributed by atoms with Gasteiger partial charge < -0.3 is 19.4 Å². The van der Waals surface area contributed by atoms with Gasteiger partial charge >= 0.3 is 0 Å². The van der Waals surface area contributed by atoms with Crippen LogP contribution in [0, 0.1) is 11.6 Å². The first-order chi connectivity index (χ1) is 14.4. The molecule has 3 aromatic rings. The maximum atomic E-state index is 13.3. The van der Waals surface area contributed by atoms with Gasteiger partial charge in [-0.2, -0.15) is 0 Å². The molecule has 0 radical (unpaired) electrons. The van der Waals surface area contributed by atoms with E-state index in [9.17, 15) is 13.6 Å². The molecular weight excluding hydrogens is 414 g/mol. The van der Waals surface area contributed by atoms with Gasteiger partial charge in [0.1, 0.15) is 6.61 Å². The van der Waals surface area contributed by atoms with Crippen LogP contribution in [0.25, 0.3) is 0 Å². The van der Waals surface area contributed by atoms with Gasteiger partial charge in [0.25, 0.3) is 0 Å². The van der Waals surface area contributed by atoms with Gasteiger partial charge in [-0.15, -0.1) is 10.2 Å². The standard InChI is InChI=1S/C20H18F2N4O3S/c1-11(19(27)23-12-7-8-13(21)14(22)9-12)30-20-25-24-18(26(20)2)17-10-28-15-5-3-4-6-16(15)29-17/h3-9,11,17H,10H2,1-2H3,(H,23,27). The Morgan fingerprint density at radius 2 is 1.97 bits per heavy atom. The van der Waals surface area contributed by atoms with E-state index in [4.69, 9.17) is 9.47 Å². The highest BCUT2D eigenvalue weighted by Crippen LogP contribution is 2.36. The number of benzene rings is 2. The lowest BCUT2D eigenvalue weighted by Crippen LogP contribution is -2.25. The second-order valence-electron chi connectivity index (χ2n) is 6.64. The summed E-state index contributed by atoms with van der Waals surface area (Å²) in [4.78, 5) is 12.4. The maximum Gasteiger partial charge on any atom is 0.237 e. The van der Waals surface area contributed by atoms with Crippen molar-refractivity contribution in [2.45, 2.75) is 23.4 Å². The van der Waals surface area contributed by atoms with Crippen molar-refractivity contribution in [3.8, 4) is 11.5 Å². The van der Waals surface area contributed by atoms with Crippen LogP contribution in [0.4, 0.5) is 14.5 Å². The van der Waals surface area contributed by atoms with E-state index in [1.807, 2.05) is 24.3 Å². The van der Waals surface area contributed by atoms with E-state index in [0.717, 1.165) is 12.1 Å². The number of rotatable bonds is 5. The fourth-order valence-corrected chi connectivity index (χ4v) is 3.71. The Balaban J connectivity index is 1.42. The molecule has 1 aliphatic rings. The number of amides is 1. The Hall–Kier alpha value is -3.14. The first-order valence-corrected chi connectivity index (χ1v) is 10.0. The van der Waals surface area contributed by atoms with Crippen molar-refractivity contribution in [2.24, 2.45) is 7.05 Å². The maximum absolute atomic E-state index is 13.3. The Bertz CT molecular complexity index is 1090. The quantitative estimate of drug-likeness (QED) is 0.619. The van der Waals surface area contributed by atoms with E-state index in [1.165, 1.54) is 17.8 Å². The van der Waals surface area contributed by atoms with Gasteiger partial charge in [0.15, 0.2) is 40.2 Å². The summed E-state index contributed by atoms with van der Waals surface area (Å²) in [6, 6.07) is 10.6. The number of halogens is 2. The van der Waals surface area contributed by atoms with E-state index < -0.39 is 23.0 Å². The van der Waals surface area contributed by atoms with Crippen LogP contribution in [0.1, 0.15) is 18.9 Å². The van der Waals surface area contributed by atoms with Gasteiger partial charge in [0, 0.05) is 18.8 Å². The number of carbonyl (C=O) groups excluding carboxylic acids is 1. The Morgan fingerprint density at radius 3 is 2.73 bits per heavy atom. The van der Waals surface area contributed by atoms with Crippen molar-refractivity contribution in [1.29, 1.82) is 0 Å². The number of ether oxygens (including phenoxy) is 2. The molecule has 1 N–H and O–H groups in total. The van der Waals surface area contributed by atoms with Crippen LogP contribution in [-0.4, -0.2) is 32.5 Å². The first-order valence-electron chi connectivity index (χ1n) is 9.12. The second-order valence-corrected chi connectivity index (χ2v) is 7.95. The normalized spacial score (nSPS) is 16.2. The fraction of sp³-hybridized carbons (Fsp3) is 0.250. The zero-order chi connectivity index (χ0) is 21.3. The van der Waals surface area contributed by atoms with E-state index in [2.05, 4.69) is 15.5 Å². The number of para-hydroxylation sites is 2. The first kappa shape index (κ1) is 20.1. The summed E-state index contributed by atoms with van der Waals surface area (Å²) in [6.07, 6.45) is -0.432. The molecule has 1 aliphatic heterocycles. The van der Waals surface area contributed by atoms with Crippen molar-refractivity contribution >= 4 is 23.4 Å². The van der Waals surface area contributed by atoms with E-state index in [-0.39, 0.29) is 11.6 Å². The number of nitrogens with zero attached hydrogens (tertiary/aromatic N) is 3.